The first-order chi connectivity index (χ1) is 9.66. The van der Waals surface area contributed by atoms with Gasteiger partial charge in [0.25, 0.3) is 0 Å². The predicted octanol–water partition coefficient (Wildman–Crippen LogP) is 1.91. The first kappa shape index (κ1) is 12.9. The standard InChI is InChI=1S/C14H19N5O/c1-9(2)20-14-12(15)13(16-7-17-14)19-8-18-10-5-3-4-6-11(10)19/h7-9H,3-6,15H2,1-2H3. The number of nitrogen functional groups attached to an aromatic ring is 1. The van der Waals surface area contributed by atoms with Gasteiger partial charge in [0.15, 0.2) is 5.82 Å². The fraction of sp³-hybridized carbons (Fsp3) is 0.500. The lowest BCUT2D eigenvalue weighted by molar-refractivity contribution is 0.233. The Morgan fingerprint density at radius 1 is 1.20 bits per heavy atom. The van der Waals surface area contributed by atoms with Gasteiger partial charge in [0.1, 0.15) is 18.3 Å². The zero-order valence-corrected chi connectivity index (χ0v) is 11.8. The molecule has 0 unspecified atom stereocenters. The number of nitrogens with two attached hydrogens (primary N) is 1. The van der Waals surface area contributed by atoms with Gasteiger partial charge in [0, 0.05) is 5.69 Å². The minimum absolute atomic E-state index is 0.0248. The number of aryl methyl sites for hydroxylation is 1. The Bertz CT molecular complexity index is 620. The number of ether oxygens (including phenoxy) is 1. The van der Waals surface area contributed by atoms with Gasteiger partial charge in [-0.15, -0.1) is 0 Å². The molecule has 6 nitrogen and oxygen atoms in total. The molecule has 20 heavy (non-hydrogen) atoms. The Morgan fingerprint density at radius 3 is 2.80 bits per heavy atom. The summed E-state index contributed by atoms with van der Waals surface area (Å²) in [5, 5.41) is 0. The molecule has 1 aliphatic carbocycles. The van der Waals surface area contributed by atoms with Crippen LogP contribution in [0.4, 0.5) is 5.69 Å². The second-order valence-electron chi connectivity index (χ2n) is 5.30. The molecule has 2 heterocycles. The van der Waals surface area contributed by atoms with E-state index in [-0.39, 0.29) is 6.10 Å². The zero-order chi connectivity index (χ0) is 14.1. The van der Waals surface area contributed by atoms with Crippen LogP contribution in [0.3, 0.4) is 0 Å². The van der Waals surface area contributed by atoms with Crippen LogP contribution in [-0.2, 0) is 12.8 Å². The summed E-state index contributed by atoms with van der Waals surface area (Å²) in [7, 11) is 0. The zero-order valence-electron chi connectivity index (χ0n) is 11.8. The lowest BCUT2D eigenvalue weighted by Gasteiger charge is -2.16. The molecule has 0 bridgehead atoms. The summed E-state index contributed by atoms with van der Waals surface area (Å²) in [6.07, 6.45) is 7.73. The van der Waals surface area contributed by atoms with Crippen LogP contribution in [0.1, 0.15) is 38.1 Å². The fourth-order valence-corrected chi connectivity index (χ4v) is 2.53. The Kier molecular flexibility index (Phi) is 3.30. The van der Waals surface area contributed by atoms with Crippen molar-refractivity contribution >= 4 is 5.69 Å². The lowest BCUT2D eigenvalue weighted by atomic mass is 10.0. The minimum Gasteiger partial charge on any atom is -0.473 e. The van der Waals surface area contributed by atoms with Gasteiger partial charge in [-0.05, 0) is 39.5 Å². The summed E-state index contributed by atoms with van der Waals surface area (Å²) in [5.41, 5.74) is 8.98. The number of fused-ring (bicyclic) bond motifs is 1. The molecular formula is C14H19N5O. The van der Waals surface area contributed by atoms with Crippen molar-refractivity contribution in [2.45, 2.75) is 45.6 Å². The number of aromatic nitrogens is 4. The second kappa shape index (κ2) is 5.11. The van der Waals surface area contributed by atoms with Crippen molar-refractivity contribution in [3.63, 3.8) is 0 Å². The molecule has 2 aromatic heterocycles. The molecule has 0 aliphatic heterocycles. The lowest BCUT2D eigenvalue weighted by Crippen LogP contribution is -2.13. The third-order valence-corrected chi connectivity index (χ3v) is 3.43. The van der Waals surface area contributed by atoms with Gasteiger partial charge in [0.2, 0.25) is 5.88 Å². The summed E-state index contributed by atoms with van der Waals surface area (Å²) >= 11 is 0. The molecular weight excluding hydrogens is 254 g/mol. The second-order valence-corrected chi connectivity index (χ2v) is 5.30. The summed E-state index contributed by atoms with van der Waals surface area (Å²) < 4.78 is 7.59. The molecule has 0 amide bonds. The summed E-state index contributed by atoms with van der Waals surface area (Å²) in [6, 6.07) is 0. The largest absolute Gasteiger partial charge is 0.473 e. The number of rotatable bonds is 3. The van der Waals surface area contributed by atoms with Crippen molar-refractivity contribution in [1.29, 1.82) is 0 Å². The molecule has 0 fully saturated rings. The van der Waals surface area contributed by atoms with Crippen LogP contribution in [0, 0.1) is 0 Å². The molecule has 2 N–H and O–H groups in total. The maximum Gasteiger partial charge on any atom is 0.242 e. The SMILES string of the molecule is CC(C)Oc1ncnc(-n2cnc3c2CCCC3)c1N. The van der Waals surface area contributed by atoms with Gasteiger partial charge in [-0.3, -0.25) is 4.57 Å². The van der Waals surface area contributed by atoms with Gasteiger partial charge in [-0.25, -0.2) is 9.97 Å². The Hall–Kier alpha value is -2.11. The summed E-state index contributed by atoms with van der Waals surface area (Å²) in [6.45, 7) is 3.89. The van der Waals surface area contributed by atoms with E-state index in [1.165, 1.54) is 24.9 Å². The van der Waals surface area contributed by atoms with Crippen molar-refractivity contribution in [2.24, 2.45) is 0 Å². The van der Waals surface area contributed by atoms with Gasteiger partial charge in [0.05, 0.1) is 11.8 Å². The molecule has 6 heteroatoms. The average molecular weight is 273 g/mol. The number of hydrogen-bond donors (Lipinski definition) is 1. The van der Waals surface area contributed by atoms with Crippen molar-refractivity contribution in [2.75, 3.05) is 5.73 Å². The van der Waals surface area contributed by atoms with Crippen LogP contribution in [0.5, 0.6) is 5.88 Å². The van der Waals surface area contributed by atoms with Crippen LogP contribution < -0.4 is 10.5 Å². The highest BCUT2D eigenvalue weighted by Crippen LogP contribution is 2.28. The average Bonchev–Trinajstić information content (AvgIpc) is 2.85. The van der Waals surface area contributed by atoms with E-state index in [1.807, 2.05) is 18.4 Å². The van der Waals surface area contributed by atoms with E-state index >= 15 is 0 Å². The van der Waals surface area contributed by atoms with Crippen molar-refractivity contribution in [1.82, 2.24) is 19.5 Å². The van der Waals surface area contributed by atoms with E-state index in [4.69, 9.17) is 10.5 Å². The predicted molar refractivity (Wildman–Crippen MR) is 76.0 cm³/mol. The third-order valence-electron chi connectivity index (χ3n) is 3.43. The van der Waals surface area contributed by atoms with Gasteiger partial charge in [-0.1, -0.05) is 0 Å². The van der Waals surface area contributed by atoms with Gasteiger partial charge >= 0.3 is 0 Å². The molecule has 0 saturated heterocycles. The third kappa shape index (κ3) is 2.21. The smallest absolute Gasteiger partial charge is 0.242 e. The molecule has 0 saturated carbocycles. The van der Waals surface area contributed by atoms with Gasteiger partial charge in [-0.2, -0.15) is 4.98 Å². The van der Waals surface area contributed by atoms with E-state index in [2.05, 4.69) is 15.0 Å². The Labute approximate surface area is 118 Å². The van der Waals surface area contributed by atoms with Crippen LogP contribution >= 0.6 is 0 Å². The van der Waals surface area contributed by atoms with E-state index in [1.54, 1.807) is 6.33 Å². The van der Waals surface area contributed by atoms with Crippen molar-refractivity contribution in [3.8, 4) is 11.7 Å². The first-order valence-electron chi connectivity index (χ1n) is 6.99. The van der Waals surface area contributed by atoms with Crippen molar-refractivity contribution in [3.05, 3.63) is 24.0 Å². The molecule has 0 atom stereocenters. The molecule has 2 aromatic rings. The van der Waals surface area contributed by atoms with E-state index in [9.17, 15) is 0 Å². The van der Waals surface area contributed by atoms with Gasteiger partial charge < -0.3 is 10.5 Å². The molecule has 1 aliphatic rings. The number of anilines is 1. The molecule has 3 rings (SSSR count). The summed E-state index contributed by atoms with van der Waals surface area (Å²) in [5.74, 6) is 1.09. The molecule has 0 radical (unpaired) electrons. The monoisotopic (exact) mass is 273 g/mol. The topological polar surface area (TPSA) is 78.9 Å². The number of nitrogens with zero attached hydrogens (tertiary/aromatic N) is 4. The van der Waals surface area contributed by atoms with Crippen LogP contribution in [0.2, 0.25) is 0 Å². The molecule has 0 spiro atoms. The Morgan fingerprint density at radius 2 is 2.00 bits per heavy atom. The quantitative estimate of drug-likeness (QED) is 0.924. The van der Waals surface area contributed by atoms with E-state index in [0.717, 1.165) is 18.5 Å². The van der Waals surface area contributed by atoms with Crippen LogP contribution in [0.15, 0.2) is 12.7 Å². The normalized spacial score (nSPS) is 14.3. The molecule has 0 aromatic carbocycles. The van der Waals surface area contributed by atoms with Crippen LogP contribution in [0.25, 0.3) is 5.82 Å². The highest BCUT2D eigenvalue weighted by Gasteiger charge is 2.20. The number of imidazole rings is 1. The highest BCUT2D eigenvalue weighted by atomic mass is 16.5. The summed E-state index contributed by atoms with van der Waals surface area (Å²) in [4.78, 5) is 12.9. The molecule has 106 valence electrons. The highest BCUT2D eigenvalue weighted by molar-refractivity contribution is 5.60. The van der Waals surface area contributed by atoms with E-state index < -0.39 is 0 Å². The Balaban J connectivity index is 2.04. The van der Waals surface area contributed by atoms with E-state index in [0.29, 0.717) is 17.4 Å². The maximum atomic E-state index is 6.16. The van der Waals surface area contributed by atoms with Crippen LogP contribution in [-0.4, -0.2) is 25.6 Å². The fourth-order valence-electron chi connectivity index (χ4n) is 2.53. The first-order valence-corrected chi connectivity index (χ1v) is 6.99. The maximum absolute atomic E-state index is 6.16. The minimum atomic E-state index is 0.0248. The number of hydrogen-bond acceptors (Lipinski definition) is 5. The van der Waals surface area contributed by atoms with Crippen molar-refractivity contribution < 1.29 is 4.74 Å².